The number of ether oxygens (including phenoxy) is 5. The number of methoxy groups -OCH3 is 1. The molecule has 6 heteroatoms. The molecule has 22 heavy (non-hydrogen) atoms. The lowest BCUT2D eigenvalue weighted by molar-refractivity contribution is -0.316. The summed E-state index contributed by atoms with van der Waals surface area (Å²) in [6.07, 6.45) is -2.80. The molecule has 1 aliphatic heterocycles. The van der Waals surface area contributed by atoms with Crippen LogP contribution in [0.3, 0.4) is 0 Å². The molecule has 0 aromatic heterocycles. The van der Waals surface area contributed by atoms with Crippen LogP contribution >= 0.6 is 0 Å². The van der Waals surface area contributed by atoms with Crippen LogP contribution in [-0.2, 0) is 23.7 Å². The van der Waals surface area contributed by atoms with Gasteiger partial charge in [0, 0.05) is 7.11 Å². The van der Waals surface area contributed by atoms with E-state index in [-0.39, 0.29) is 24.4 Å². The smallest absolute Gasteiger partial charge is 0.184 e. The van der Waals surface area contributed by atoms with E-state index in [0.717, 1.165) is 0 Å². The summed E-state index contributed by atoms with van der Waals surface area (Å²) in [6.45, 7) is 12.1. The lowest BCUT2D eigenvalue weighted by Crippen LogP contribution is -2.62. The largest absolute Gasteiger partial charge is 0.376 e. The summed E-state index contributed by atoms with van der Waals surface area (Å²) in [4.78, 5) is 0. The van der Waals surface area contributed by atoms with Gasteiger partial charge in [0.25, 0.3) is 0 Å². The van der Waals surface area contributed by atoms with E-state index in [2.05, 4.69) is 0 Å². The van der Waals surface area contributed by atoms with Gasteiger partial charge < -0.3 is 28.8 Å². The Morgan fingerprint density at radius 1 is 0.864 bits per heavy atom. The second kappa shape index (κ2) is 9.15. The van der Waals surface area contributed by atoms with Gasteiger partial charge in [-0.15, -0.1) is 0 Å². The molecule has 5 atom stereocenters. The fraction of sp³-hybridized carbons (Fsp3) is 1.00. The molecule has 0 aromatic rings. The van der Waals surface area contributed by atoms with E-state index >= 15 is 0 Å². The number of aliphatic hydroxyl groups excluding tert-OH is 1. The highest BCUT2D eigenvalue weighted by Crippen LogP contribution is 2.28. The lowest BCUT2D eigenvalue weighted by atomic mass is 9.98. The molecule has 1 N–H and O–H groups in total. The lowest BCUT2D eigenvalue weighted by Gasteiger charge is -2.45. The van der Waals surface area contributed by atoms with E-state index in [1.165, 1.54) is 7.11 Å². The highest BCUT2D eigenvalue weighted by molar-refractivity contribution is 4.92. The first-order valence-electron chi connectivity index (χ1n) is 8.05. The quantitative estimate of drug-likeness (QED) is 0.735. The highest BCUT2D eigenvalue weighted by atomic mass is 16.7. The minimum atomic E-state index is -1.07. The van der Waals surface area contributed by atoms with Gasteiger partial charge in [0.15, 0.2) is 6.29 Å². The molecule has 1 fully saturated rings. The molecule has 1 heterocycles. The van der Waals surface area contributed by atoms with Crippen LogP contribution in [0.1, 0.15) is 41.5 Å². The third kappa shape index (κ3) is 5.76. The minimum Gasteiger partial charge on any atom is -0.376 e. The first kappa shape index (κ1) is 19.8. The monoisotopic (exact) mass is 320 g/mol. The average molecular weight is 320 g/mol. The Labute approximate surface area is 134 Å². The fourth-order valence-electron chi connectivity index (χ4n) is 2.52. The minimum absolute atomic E-state index is 0.00108. The summed E-state index contributed by atoms with van der Waals surface area (Å²) in [5.41, 5.74) is 0. The molecule has 0 aromatic carbocycles. The summed E-state index contributed by atoms with van der Waals surface area (Å²) < 4.78 is 28.7. The van der Waals surface area contributed by atoms with Crippen molar-refractivity contribution in [1.82, 2.24) is 0 Å². The van der Waals surface area contributed by atoms with Crippen LogP contribution in [0.5, 0.6) is 0 Å². The van der Waals surface area contributed by atoms with Crippen LogP contribution in [0.15, 0.2) is 0 Å². The molecular formula is C16H32O6. The number of hydrogen-bond donors (Lipinski definition) is 1. The Morgan fingerprint density at radius 2 is 1.41 bits per heavy atom. The summed E-state index contributed by atoms with van der Waals surface area (Å²) in [7, 11) is 1.53. The van der Waals surface area contributed by atoms with Gasteiger partial charge >= 0.3 is 0 Å². The van der Waals surface area contributed by atoms with Gasteiger partial charge in [-0.05, 0) is 41.5 Å². The summed E-state index contributed by atoms with van der Waals surface area (Å²) >= 11 is 0. The summed E-state index contributed by atoms with van der Waals surface area (Å²) in [6, 6.07) is 0. The molecule has 0 bridgehead atoms. The Bertz CT molecular complexity index is 307. The zero-order valence-electron chi connectivity index (χ0n) is 14.8. The molecule has 0 spiro atoms. The molecule has 0 aliphatic carbocycles. The molecule has 4 unspecified atom stereocenters. The Morgan fingerprint density at radius 3 is 1.86 bits per heavy atom. The average Bonchev–Trinajstić information content (AvgIpc) is 2.39. The van der Waals surface area contributed by atoms with Crippen LogP contribution in [0.25, 0.3) is 0 Å². The molecule has 132 valence electrons. The van der Waals surface area contributed by atoms with Gasteiger partial charge in [-0.25, -0.2) is 0 Å². The van der Waals surface area contributed by atoms with Crippen molar-refractivity contribution in [1.29, 1.82) is 0 Å². The van der Waals surface area contributed by atoms with Crippen LogP contribution in [0.4, 0.5) is 0 Å². The molecule has 1 rings (SSSR count). The van der Waals surface area contributed by atoms with E-state index < -0.39 is 24.6 Å². The second-order valence-electron chi connectivity index (χ2n) is 6.45. The Kier molecular flexibility index (Phi) is 8.24. The van der Waals surface area contributed by atoms with Gasteiger partial charge in [0.1, 0.15) is 24.4 Å². The van der Waals surface area contributed by atoms with Crippen LogP contribution in [-0.4, -0.2) is 67.8 Å². The van der Waals surface area contributed by atoms with Crippen molar-refractivity contribution in [2.75, 3.05) is 13.7 Å². The third-order valence-corrected chi connectivity index (χ3v) is 3.33. The van der Waals surface area contributed by atoms with Crippen molar-refractivity contribution in [3.63, 3.8) is 0 Å². The summed E-state index contributed by atoms with van der Waals surface area (Å²) in [5.74, 6) is 0. The highest BCUT2D eigenvalue weighted by Gasteiger charge is 2.48. The van der Waals surface area contributed by atoms with Gasteiger partial charge in [0.2, 0.25) is 0 Å². The second-order valence-corrected chi connectivity index (χ2v) is 6.45. The molecular weight excluding hydrogens is 288 g/mol. The number of aliphatic hydroxyl groups is 1. The SMILES string of the molecule is COC1C(O)OC(COC(C)C)C(OC(C)C)[C@@H]1OC(C)C. The number of rotatable bonds is 8. The molecule has 1 saturated heterocycles. The maximum Gasteiger partial charge on any atom is 0.184 e. The van der Waals surface area contributed by atoms with E-state index in [9.17, 15) is 5.11 Å². The molecule has 0 saturated carbocycles. The normalized spacial score (nSPS) is 33.1. The van der Waals surface area contributed by atoms with Crippen molar-refractivity contribution in [2.45, 2.75) is 90.6 Å². The molecule has 0 amide bonds. The van der Waals surface area contributed by atoms with E-state index in [1.807, 2.05) is 41.5 Å². The van der Waals surface area contributed by atoms with Crippen molar-refractivity contribution >= 4 is 0 Å². The Hall–Kier alpha value is -0.240. The zero-order valence-corrected chi connectivity index (χ0v) is 14.8. The first-order chi connectivity index (χ1) is 10.3. The number of hydrogen-bond acceptors (Lipinski definition) is 6. The predicted octanol–water partition coefficient (Wildman–Crippen LogP) is 1.73. The molecule has 1 aliphatic rings. The van der Waals surface area contributed by atoms with E-state index in [1.54, 1.807) is 0 Å². The van der Waals surface area contributed by atoms with Crippen molar-refractivity contribution in [3.05, 3.63) is 0 Å². The predicted molar refractivity (Wildman–Crippen MR) is 82.8 cm³/mol. The van der Waals surface area contributed by atoms with E-state index in [4.69, 9.17) is 23.7 Å². The van der Waals surface area contributed by atoms with Crippen LogP contribution < -0.4 is 0 Å². The fourth-order valence-corrected chi connectivity index (χ4v) is 2.52. The van der Waals surface area contributed by atoms with Gasteiger partial charge in [0.05, 0.1) is 24.9 Å². The maximum atomic E-state index is 10.2. The van der Waals surface area contributed by atoms with E-state index in [0.29, 0.717) is 6.61 Å². The van der Waals surface area contributed by atoms with Gasteiger partial charge in [-0.1, -0.05) is 0 Å². The standard InChI is InChI=1S/C16H32O6/c1-9(2)19-8-12-13(20-10(3)4)14(21-11(5)6)15(18-7)16(17)22-12/h9-17H,8H2,1-7H3/t12?,13?,14-,15?,16?/m0/s1. The zero-order chi connectivity index (χ0) is 16.9. The Balaban J connectivity index is 2.94. The first-order valence-corrected chi connectivity index (χ1v) is 8.05. The van der Waals surface area contributed by atoms with Gasteiger partial charge in [-0.3, -0.25) is 0 Å². The van der Waals surface area contributed by atoms with Crippen LogP contribution in [0.2, 0.25) is 0 Å². The van der Waals surface area contributed by atoms with Crippen molar-refractivity contribution < 1.29 is 28.8 Å². The third-order valence-electron chi connectivity index (χ3n) is 3.33. The van der Waals surface area contributed by atoms with Crippen molar-refractivity contribution in [2.24, 2.45) is 0 Å². The van der Waals surface area contributed by atoms with Crippen molar-refractivity contribution in [3.8, 4) is 0 Å². The maximum absolute atomic E-state index is 10.2. The molecule has 6 nitrogen and oxygen atoms in total. The topological polar surface area (TPSA) is 66.4 Å². The van der Waals surface area contributed by atoms with Crippen LogP contribution in [0, 0.1) is 0 Å². The summed E-state index contributed by atoms with van der Waals surface area (Å²) in [5, 5.41) is 10.2. The van der Waals surface area contributed by atoms with Gasteiger partial charge in [-0.2, -0.15) is 0 Å². The molecule has 0 radical (unpaired) electrons.